The lowest BCUT2D eigenvalue weighted by Crippen LogP contribution is -2.26. The molecule has 2 N–H and O–H groups in total. The third kappa shape index (κ3) is 17.2. The lowest BCUT2D eigenvalue weighted by molar-refractivity contribution is -0.151. The second-order valence-corrected chi connectivity index (χ2v) is 12.0. The molecule has 1 aliphatic rings. The molecular weight excluding hydrogens is 504 g/mol. The van der Waals surface area contributed by atoms with Crippen LogP contribution in [0.2, 0.25) is 0 Å². The molecule has 0 aromatic rings. The monoisotopic (exact) mass is 564 g/mol. The van der Waals surface area contributed by atoms with Crippen molar-refractivity contribution < 1.29 is 29.3 Å². The Bertz CT molecular complexity index is 703. The second-order valence-electron chi connectivity index (χ2n) is 12.0. The van der Waals surface area contributed by atoms with E-state index in [1.54, 1.807) is 0 Å². The third-order valence-electron chi connectivity index (χ3n) is 7.99. The van der Waals surface area contributed by atoms with E-state index >= 15 is 0 Å². The van der Waals surface area contributed by atoms with Crippen LogP contribution in [0.25, 0.3) is 0 Å². The number of hydrogen-bond acceptors (Lipinski definition) is 6. The predicted octanol–water partition coefficient (Wildman–Crippen LogP) is 7.99. The lowest BCUT2D eigenvalue weighted by atomic mass is 9.85. The van der Waals surface area contributed by atoms with Crippen LogP contribution in [-0.2, 0) is 19.1 Å². The van der Waals surface area contributed by atoms with Gasteiger partial charge in [-0.15, -0.1) is 6.58 Å². The molecule has 6 nitrogen and oxygen atoms in total. The van der Waals surface area contributed by atoms with Crippen LogP contribution in [0.1, 0.15) is 143 Å². The molecule has 0 amide bonds. The average molecular weight is 565 g/mol. The molecule has 0 bridgehead atoms. The molecule has 0 aromatic heterocycles. The molecule has 1 saturated carbocycles. The predicted molar refractivity (Wildman–Crippen MR) is 163 cm³/mol. The first-order valence-corrected chi connectivity index (χ1v) is 16.3. The number of hydrogen-bond donors (Lipinski definition) is 2. The van der Waals surface area contributed by atoms with Crippen LogP contribution in [0.4, 0.5) is 0 Å². The van der Waals surface area contributed by atoms with Crippen LogP contribution < -0.4 is 0 Å². The van der Waals surface area contributed by atoms with Gasteiger partial charge in [0.15, 0.2) is 0 Å². The van der Waals surface area contributed by atoms with Crippen molar-refractivity contribution in [2.75, 3.05) is 0 Å². The number of allylic oxidation sites excluding steroid dienone is 3. The minimum absolute atomic E-state index is 0.000129. The van der Waals surface area contributed by atoms with Gasteiger partial charge >= 0.3 is 11.9 Å². The van der Waals surface area contributed by atoms with Crippen molar-refractivity contribution in [3.63, 3.8) is 0 Å². The number of rotatable bonds is 24. The largest absolute Gasteiger partial charge is 0.463 e. The van der Waals surface area contributed by atoms with Crippen LogP contribution in [-0.4, -0.2) is 46.6 Å². The topological polar surface area (TPSA) is 93.1 Å². The number of unbranched alkanes of at least 4 members (excludes halogenated alkanes) is 9. The first kappa shape index (κ1) is 36.4. The number of aliphatic hydroxyl groups is 2. The Hall–Kier alpha value is -1.66. The Morgan fingerprint density at radius 3 is 2.27 bits per heavy atom. The van der Waals surface area contributed by atoms with E-state index in [-0.39, 0.29) is 42.1 Å². The fourth-order valence-electron chi connectivity index (χ4n) is 5.73. The summed E-state index contributed by atoms with van der Waals surface area (Å²) >= 11 is 0. The number of carbonyl (C=O) groups is 2. The number of esters is 2. The molecule has 40 heavy (non-hydrogen) atoms. The molecule has 0 aromatic carbocycles. The molecule has 0 aliphatic heterocycles. The highest BCUT2D eigenvalue weighted by atomic mass is 16.5. The van der Waals surface area contributed by atoms with Gasteiger partial charge in [-0.25, -0.2) is 0 Å². The molecule has 1 fully saturated rings. The van der Waals surface area contributed by atoms with Crippen molar-refractivity contribution in [1.82, 2.24) is 0 Å². The molecule has 6 heteroatoms. The van der Waals surface area contributed by atoms with Gasteiger partial charge in [0, 0.05) is 25.2 Å². The summed E-state index contributed by atoms with van der Waals surface area (Å²) in [7, 11) is 0. The van der Waals surface area contributed by atoms with E-state index in [0.29, 0.717) is 32.1 Å². The molecule has 0 saturated heterocycles. The molecule has 0 radical (unpaired) electrons. The Balaban J connectivity index is 2.59. The first-order chi connectivity index (χ1) is 19.3. The zero-order valence-electron chi connectivity index (χ0n) is 25.9. The van der Waals surface area contributed by atoms with E-state index in [9.17, 15) is 19.8 Å². The standard InChI is InChI=1S/C34H60O6/c1-5-7-9-10-11-12-13-18-23-34(38)40-32-26-31(36)29(25-24-28(35)20-16-8-6-2)30(32)21-17-14-15-19-22-33(37)39-27(3)4/h5,14,17,27-32,35-36H,1,6-13,15-16,18-26H2,2-4H3/b17-14-/t28-,29+,30+,31+,32-/m0/s1. The Morgan fingerprint density at radius 2 is 1.57 bits per heavy atom. The van der Waals surface area contributed by atoms with E-state index < -0.39 is 6.10 Å². The Labute approximate surface area is 245 Å². The van der Waals surface area contributed by atoms with Crippen LogP contribution >= 0.6 is 0 Å². The average Bonchev–Trinajstić information content (AvgIpc) is 3.19. The Morgan fingerprint density at radius 1 is 0.875 bits per heavy atom. The van der Waals surface area contributed by atoms with Crippen molar-refractivity contribution in [2.24, 2.45) is 11.8 Å². The second kappa shape index (κ2) is 23.0. The molecule has 0 heterocycles. The van der Waals surface area contributed by atoms with Crippen molar-refractivity contribution >= 4 is 11.9 Å². The maximum Gasteiger partial charge on any atom is 0.306 e. The number of ether oxygens (including phenoxy) is 2. The number of carbonyl (C=O) groups excluding carboxylic acids is 2. The van der Waals surface area contributed by atoms with Crippen molar-refractivity contribution in [2.45, 2.75) is 167 Å². The van der Waals surface area contributed by atoms with Gasteiger partial charge in [-0.2, -0.15) is 0 Å². The minimum atomic E-state index is -0.527. The highest BCUT2D eigenvalue weighted by molar-refractivity contribution is 5.69. The quantitative estimate of drug-likeness (QED) is 0.0701. The van der Waals surface area contributed by atoms with E-state index in [1.165, 1.54) is 19.3 Å². The maximum atomic E-state index is 12.7. The summed E-state index contributed by atoms with van der Waals surface area (Å²) in [6.07, 6.45) is 21.5. The molecule has 1 aliphatic carbocycles. The van der Waals surface area contributed by atoms with E-state index in [0.717, 1.165) is 70.6 Å². The third-order valence-corrected chi connectivity index (χ3v) is 7.99. The molecule has 5 atom stereocenters. The van der Waals surface area contributed by atoms with Crippen LogP contribution in [0, 0.1) is 11.8 Å². The maximum absolute atomic E-state index is 12.7. The zero-order valence-corrected chi connectivity index (χ0v) is 25.9. The summed E-state index contributed by atoms with van der Waals surface area (Å²) in [6, 6.07) is 0. The fourth-order valence-corrected chi connectivity index (χ4v) is 5.73. The first-order valence-electron chi connectivity index (χ1n) is 16.3. The van der Waals surface area contributed by atoms with E-state index in [4.69, 9.17) is 9.47 Å². The van der Waals surface area contributed by atoms with Crippen LogP contribution in [0.5, 0.6) is 0 Å². The minimum Gasteiger partial charge on any atom is -0.463 e. The van der Waals surface area contributed by atoms with E-state index in [2.05, 4.69) is 25.7 Å². The zero-order chi connectivity index (χ0) is 29.6. The van der Waals surface area contributed by atoms with Crippen molar-refractivity contribution in [3.8, 4) is 0 Å². The molecule has 0 spiro atoms. The van der Waals surface area contributed by atoms with Crippen molar-refractivity contribution in [3.05, 3.63) is 24.8 Å². The summed E-state index contributed by atoms with van der Waals surface area (Å²) in [5.41, 5.74) is 0. The molecule has 1 rings (SSSR count). The van der Waals surface area contributed by atoms with Gasteiger partial charge in [-0.3, -0.25) is 9.59 Å². The lowest BCUT2D eigenvalue weighted by Gasteiger charge is -2.25. The summed E-state index contributed by atoms with van der Waals surface area (Å²) in [4.78, 5) is 24.4. The summed E-state index contributed by atoms with van der Waals surface area (Å²) in [6.45, 7) is 9.62. The molecule has 232 valence electrons. The van der Waals surface area contributed by atoms with Gasteiger partial charge in [0.25, 0.3) is 0 Å². The van der Waals surface area contributed by atoms with Gasteiger partial charge in [0.05, 0.1) is 18.3 Å². The summed E-state index contributed by atoms with van der Waals surface area (Å²) < 4.78 is 11.1. The molecular formula is C34H60O6. The Kier molecular flexibility index (Phi) is 20.9. The highest BCUT2D eigenvalue weighted by Gasteiger charge is 2.43. The summed E-state index contributed by atoms with van der Waals surface area (Å²) in [5.74, 6) is -0.296. The van der Waals surface area contributed by atoms with Crippen LogP contribution in [0.15, 0.2) is 24.8 Å². The number of aliphatic hydroxyl groups excluding tert-OH is 2. The van der Waals surface area contributed by atoms with Gasteiger partial charge in [0.1, 0.15) is 6.10 Å². The SMILES string of the molecule is C=CCCCCCCCCC(=O)O[C@H]1C[C@@H](O)[C@H](CC[C@@H](O)CCCCC)[C@H]1C/C=C\CCCC(=O)OC(C)C. The van der Waals surface area contributed by atoms with Crippen molar-refractivity contribution in [1.29, 1.82) is 0 Å². The van der Waals surface area contributed by atoms with Gasteiger partial charge in [-0.1, -0.05) is 70.1 Å². The molecule has 0 unspecified atom stereocenters. The van der Waals surface area contributed by atoms with Gasteiger partial charge in [-0.05, 0) is 77.6 Å². The summed E-state index contributed by atoms with van der Waals surface area (Å²) in [5, 5.41) is 21.4. The smallest absolute Gasteiger partial charge is 0.306 e. The van der Waals surface area contributed by atoms with E-state index in [1.807, 2.05) is 19.9 Å². The van der Waals surface area contributed by atoms with Gasteiger partial charge in [0.2, 0.25) is 0 Å². The van der Waals surface area contributed by atoms with Gasteiger partial charge < -0.3 is 19.7 Å². The van der Waals surface area contributed by atoms with Crippen LogP contribution in [0.3, 0.4) is 0 Å². The normalized spacial score (nSPS) is 21.6. The highest BCUT2D eigenvalue weighted by Crippen LogP contribution is 2.40. The fraction of sp³-hybridized carbons (Fsp3) is 0.824.